The lowest BCUT2D eigenvalue weighted by molar-refractivity contribution is -0.142. The van der Waals surface area contributed by atoms with Gasteiger partial charge in [-0.15, -0.1) is 0 Å². The number of carbonyl (C=O) groups excluding carboxylic acids is 1. The minimum absolute atomic E-state index is 0.201. The van der Waals surface area contributed by atoms with Gasteiger partial charge in [0.25, 0.3) is 0 Å². The summed E-state index contributed by atoms with van der Waals surface area (Å²) in [6, 6.07) is 0. The maximum absolute atomic E-state index is 10.8. The second-order valence-electron chi connectivity index (χ2n) is 2.06. The topological polar surface area (TPSA) is 26.3 Å². The molecule has 0 rings (SSSR count). The van der Waals surface area contributed by atoms with E-state index in [0.717, 1.165) is 12.8 Å². The van der Waals surface area contributed by atoms with Crippen LogP contribution in [-0.4, -0.2) is 17.8 Å². The van der Waals surface area contributed by atoms with E-state index >= 15 is 0 Å². The van der Waals surface area contributed by atoms with E-state index in [4.69, 9.17) is 4.74 Å². The van der Waals surface area contributed by atoms with E-state index in [-0.39, 0.29) is 11.2 Å². The molecule has 0 aliphatic carbocycles. The van der Waals surface area contributed by atoms with Crippen molar-refractivity contribution < 1.29 is 9.53 Å². The lowest BCUT2D eigenvalue weighted by Crippen LogP contribution is -2.17. The number of thiol groups is 1. The van der Waals surface area contributed by atoms with Crippen LogP contribution in [0.1, 0.15) is 26.7 Å². The Morgan fingerprint density at radius 2 is 2.20 bits per heavy atom. The van der Waals surface area contributed by atoms with Gasteiger partial charge in [-0.05, 0) is 13.3 Å². The summed E-state index contributed by atoms with van der Waals surface area (Å²) in [4.78, 5) is 10.8. The first-order valence-corrected chi connectivity index (χ1v) is 4.08. The zero-order valence-corrected chi connectivity index (χ0v) is 7.36. The Hall–Kier alpha value is -0.180. The number of hydrogen-bond acceptors (Lipinski definition) is 3. The van der Waals surface area contributed by atoms with E-state index in [0.29, 0.717) is 6.61 Å². The van der Waals surface area contributed by atoms with Crippen LogP contribution in [0.15, 0.2) is 0 Å². The van der Waals surface area contributed by atoms with Crippen molar-refractivity contribution in [1.82, 2.24) is 0 Å². The molecule has 1 atom stereocenters. The molecular weight excluding hydrogens is 148 g/mol. The summed E-state index contributed by atoms with van der Waals surface area (Å²) in [5.41, 5.74) is 0. The van der Waals surface area contributed by atoms with Gasteiger partial charge >= 0.3 is 5.97 Å². The first-order chi connectivity index (χ1) is 4.72. The molecule has 0 aromatic rings. The predicted octanol–water partition coefficient (Wildman–Crippen LogP) is 1.65. The molecule has 0 bridgehead atoms. The van der Waals surface area contributed by atoms with E-state index in [1.54, 1.807) is 6.92 Å². The molecule has 3 heteroatoms. The molecule has 0 heterocycles. The third-order valence-corrected chi connectivity index (χ3v) is 1.59. The van der Waals surface area contributed by atoms with Gasteiger partial charge in [0.2, 0.25) is 0 Å². The van der Waals surface area contributed by atoms with Gasteiger partial charge in [-0.2, -0.15) is 12.6 Å². The zero-order chi connectivity index (χ0) is 7.98. The molecule has 2 nitrogen and oxygen atoms in total. The molecule has 0 aromatic carbocycles. The van der Waals surface area contributed by atoms with Crippen LogP contribution >= 0.6 is 12.6 Å². The number of rotatable bonds is 4. The first kappa shape index (κ1) is 9.82. The number of esters is 1. The van der Waals surface area contributed by atoms with Crippen molar-refractivity contribution in [3.05, 3.63) is 0 Å². The fraction of sp³-hybridized carbons (Fsp3) is 0.857. The van der Waals surface area contributed by atoms with Crippen molar-refractivity contribution in [3.8, 4) is 0 Å². The van der Waals surface area contributed by atoms with E-state index in [2.05, 4.69) is 12.6 Å². The van der Waals surface area contributed by atoms with E-state index in [1.807, 2.05) is 6.92 Å². The van der Waals surface area contributed by atoms with Gasteiger partial charge in [0, 0.05) is 0 Å². The van der Waals surface area contributed by atoms with Crippen molar-refractivity contribution in [3.63, 3.8) is 0 Å². The molecule has 0 radical (unpaired) electrons. The van der Waals surface area contributed by atoms with Crippen LogP contribution in [0.3, 0.4) is 0 Å². The molecule has 0 N–H and O–H groups in total. The van der Waals surface area contributed by atoms with E-state index < -0.39 is 0 Å². The van der Waals surface area contributed by atoms with Crippen LogP contribution in [0, 0.1) is 0 Å². The van der Waals surface area contributed by atoms with Gasteiger partial charge in [0.05, 0.1) is 11.9 Å². The van der Waals surface area contributed by atoms with Crippen molar-refractivity contribution in [1.29, 1.82) is 0 Å². The van der Waals surface area contributed by atoms with Gasteiger partial charge in [0.15, 0.2) is 0 Å². The summed E-state index contributed by atoms with van der Waals surface area (Å²) >= 11 is 4.06. The number of carbonyl (C=O) groups is 1. The highest BCUT2D eigenvalue weighted by Crippen LogP contribution is 2.05. The summed E-state index contributed by atoms with van der Waals surface area (Å²) in [5, 5.41) is -0.232. The molecule has 0 aromatic heterocycles. The summed E-state index contributed by atoms with van der Waals surface area (Å²) in [7, 11) is 0. The highest BCUT2D eigenvalue weighted by atomic mass is 32.1. The molecule has 0 saturated heterocycles. The normalized spacial score (nSPS) is 12.7. The fourth-order valence-electron chi connectivity index (χ4n) is 0.630. The third kappa shape index (κ3) is 3.77. The molecule has 0 amide bonds. The molecule has 60 valence electrons. The SMILES string of the molecule is CCCC(S)C(=O)OCC. The van der Waals surface area contributed by atoms with Gasteiger partial charge in [-0.3, -0.25) is 4.79 Å². The van der Waals surface area contributed by atoms with Crippen LogP contribution < -0.4 is 0 Å². The minimum atomic E-state index is -0.232. The van der Waals surface area contributed by atoms with Crippen LogP contribution in [0.4, 0.5) is 0 Å². The standard InChI is InChI=1S/C7H14O2S/c1-3-5-6(10)7(8)9-4-2/h6,10H,3-5H2,1-2H3. The molecule has 0 aliphatic rings. The zero-order valence-electron chi connectivity index (χ0n) is 6.46. The molecule has 0 saturated carbocycles. The van der Waals surface area contributed by atoms with Gasteiger partial charge in [-0.25, -0.2) is 0 Å². The molecule has 1 unspecified atom stereocenters. The monoisotopic (exact) mass is 162 g/mol. The first-order valence-electron chi connectivity index (χ1n) is 3.57. The minimum Gasteiger partial charge on any atom is -0.465 e. The average Bonchev–Trinajstić information content (AvgIpc) is 1.89. The van der Waals surface area contributed by atoms with Crippen molar-refractivity contribution >= 4 is 18.6 Å². The van der Waals surface area contributed by atoms with Gasteiger partial charge < -0.3 is 4.74 Å². The highest BCUT2D eigenvalue weighted by Gasteiger charge is 2.12. The summed E-state index contributed by atoms with van der Waals surface area (Å²) < 4.78 is 4.74. The Kier molecular flexibility index (Phi) is 5.49. The number of hydrogen-bond donors (Lipinski definition) is 1. The lowest BCUT2D eigenvalue weighted by atomic mass is 10.2. The third-order valence-electron chi connectivity index (χ3n) is 1.12. The maximum Gasteiger partial charge on any atom is 0.318 e. The van der Waals surface area contributed by atoms with Crippen LogP contribution in [0.2, 0.25) is 0 Å². The van der Waals surface area contributed by atoms with E-state index in [9.17, 15) is 4.79 Å². The maximum atomic E-state index is 10.8. The largest absolute Gasteiger partial charge is 0.465 e. The summed E-state index contributed by atoms with van der Waals surface area (Å²) in [5.74, 6) is -0.201. The van der Waals surface area contributed by atoms with Crippen molar-refractivity contribution in [2.45, 2.75) is 31.9 Å². The predicted molar refractivity (Wildman–Crippen MR) is 44.3 cm³/mol. The Morgan fingerprint density at radius 3 is 2.60 bits per heavy atom. The average molecular weight is 162 g/mol. The smallest absolute Gasteiger partial charge is 0.318 e. The quantitative estimate of drug-likeness (QED) is 0.502. The Balaban J connectivity index is 3.49. The lowest BCUT2D eigenvalue weighted by Gasteiger charge is -2.06. The molecule has 10 heavy (non-hydrogen) atoms. The van der Waals surface area contributed by atoms with Crippen LogP contribution in [-0.2, 0) is 9.53 Å². The second kappa shape index (κ2) is 5.59. The van der Waals surface area contributed by atoms with Crippen molar-refractivity contribution in [2.75, 3.05) is 6.61 Å². The Morgan fingerprint density at radius 1 is 1.60 bits per heavy atom. The van der Waals surface area contributed by atoms with E-state index in [1.165, 1.54) is 0 Å². The molecule has 0 aliphatic heterocycles. The van der Waals surface area contributed by atoms with Gasteiger partial charge in [-0.1, -0.05) is 13.3 Å². The fourth-order valence-corrected chi connectivity index (χ4v) is 0.962. The highest BCUT2D eigenvalue weighted by molar-refractivity contribution is 7.81. The van der Waals surface area contributed by atoms with Gasteiger partial charge in [0.1, 0.15) is 0 Å². The van der Waals surface area contributed by atoms with Crippen LogP contribution in [0.5, 0.6) is 0 Å². The summed E-state index contributed by atoms with van der Waals surface area (Å²) in [6.07, 6.45) is 1.76. The Bertz CT molecular complexity index is 104. The summed E-state index contributed by atoms with van der Waals surface area (Å²) in [6.45, 7) is 4.26. The second-order valence-corrected chi connectivity index (χ2v) is 2.68. The molecular formula is C7H14O2S. The molecule has 0 fully saturated rings. The molecule has 0 spiro atoms. The Labute approximate surface area is 67.4 Å². The van der Waals surface area contributed by atoms with Crippen molar-refractivity contribution in [2.24, 2.45) is 0 Å². The number of ether oxygens (including phenoxy) is 1. The van der Waals surface area contributed by atoms with Crippen LogP contribution in [0.25, 0.3) is 0 Å².